The van der Waals surface area contributed by atoms with E-state index in [1.54, 1.807) is 11.3 Å². The van der Waals surface area contributed by atoms with Crippen LogP contribution in [0.2, 0.25) is 0 Å². The molecule has 1 rings (SSSR count). The molecule has 0 saturated carbocycles. The van der Waals surface area contributed by atoms with E-state index >= 15 is 0 Å². The summed E-state index contributed by atoms with van der Waals surface area (Å²) in [4.78, 5) is 1.42. The van der Waals surface area contributed by atoms with Gasteiger partial charge in [-0.2, -0.15) is 0 Å². The van der Waals surface area contributed by atoms with Crippen molar-refractivity contribution in [3.63, 3.8) is 0 Å². The number of hydrogen-bond acceptors (Lipinski definition) is 2. The quantitative estimate of drug-likeness (QED) is 0.762. The molecule has 0 fully saturated rings. The SMILES string of the molecule is CC(O)C(C)CCc1cccs1. The maximum Gasteiger partial charge on any atom is 0.0537 e. The van der Waals surface area contributed by atoms with Gasteiger partial charge in [0.1, 0.15) is 0 Å². The van der Waals surface area contributed by atoms with Crippen LogP contribution >= 0.6 is 11.3 Å². The fourth-order valence-corrected chi connectivity index (χ4v) is 1.79. The highest BCUT2D eigenvalue weighted by atomic mass is 32.1. The minimum Gasteiger partial charge on any atom is -0.393 e. The lowest BCUT2D eigenvalue weighted by Crippen LogP contribution is -2.13. The number of thiophene rings is 1. The monoisotopic (exact) mass is 184 g/mol. The normalized spacial score (nSPS) is 15.9. The minimum absolute atomic E-state index is 0.176. The van der Waals surface area contributed by atoms with E-state index in [1.807, 2.05) is 6.92 Å². The molecule has 1 N–H and O–H groups in total. The molecule has 0 aromatic carbocycles. The predicted molar refractivity (Wildman–Crippen MR) is 53.5 cm³/mol. The van der Waals surface area contributed by atoms with Crippen molar-refractivity contribution in [1.82, 2.24) is 0 Å². The molecule has 2 unspecified atom stereocenters. The van der Waals surface area contributed by atoms with Crippen molar-refractivity contribution >= 4 is 11.3 Å². The number of aliphatic hydroxyl groups excluding tert-OH is 1. The molecular formula is C10H16OS. The second kappa shape index (κ2) is 4.63. The topological polar surface area (TPSA) is 20.2 Å². The molecular weight excluding hydrogens is 168 g/mol. The molecule has 0 bridgehead atoms. The van der Waals surface area contributed by atoms with Gasteiger partial charge in [-0.15, -0.1) is 11.3 Å². The summed E-state index contributed by atoms with van der Waals surface area (Å²) in [6.07, 6.45) is 2.01. The Labute approximate surface area is 78.1 Å². The zero-order valence-electron chi connectivity index (χ0n) is 7.66. The van der Waals surface area contributed by atoms with Gasteiger partial charge in [0.2, 0.25) is 0 Å². The van der Waals surface area contributed by atoms with Crippen LogP contribution < -0.4 is 0 Å². The number of hydrogen-bond donors (Lipinski definition) is 1. The number of aliphatic hydroxyl groups is 1. The second-order valence-electron chi connectivity index (χ2n) is 3.34. The van der Waals surface area contributed by atoms with Crippen LogP contribution in [0.5, 0.6) is 0 Å². The summed E-state index contributed by atoms with van der Waals surface area (Å²) < 4.78 is 0. The van der Waals surface area contributed by atoms with Gasteiger partial charge in [-0.1, -0.05) is 13.0 Å². The first-order chi connectivity index (χ1) is 5.70. The van der Waals surface area contributed by atoms with Crippen LogP contribution in [0.3, 0.4) is 0 Å². The third-order valence-corrected chi connectivity index (χ3v) is 3.19. The van der Waals surface area contributed by atoms with Crippen LogP contribution in [0.15, 0.2) is 17.5 Å². The Morgan fingerprint density at radius 1 is 1.50 bits per heavy atom. The van der Waals surface area contributed by atoms with Crippen molar-refractivity contribution < 1.29 is 5.11 Å². The van der Waals surface area contributed by atoms with Crippen molar-refractivity contribution in [3.05, 3.63) is 22.4 Å². The predicted octanol–water partition coefficient (Wildman–Crippen LogP) is 2.70. The van der Waals surface area contributed by atoms with Gasteiger partial charge >= 0.3 is 0 Å². The van der Waals surface area contributed by atoms with E-state index in [1.165, 1.54) is 4.88 Å². The zero-order valence-corrected chi connectivity index (χ0v) is 8.47. The lowest BCUT2D eigenvalue weighted by atomic mass is 10.00. The third-order valence-electron chi connectivity index (χ3n) is 2.25. The van der Waals surface area contributed by atoms with E-state index < -0.39 is 0 Å². The molecule has 2 heteroatoms. The molecule has 0 amide bonds. The Balaban J connectivity index is 2.27. The smallest absolute Gasteiger partial charge is 0.0537 e. The van der Waals surface area contributed by atoms with Crippen molar-refractivity contribution in [3.8, 4) is 0 Å². The Morgan fingerprint density at radius 2 is 2.25 bits per heavy atom. The summed E-state index contributed by atoms with van der Waals surface area (Å²) in [7, 11) is 0. The molecule has 68 valence electrons. The van der Waals surface area contributed by atoms with Gasteiger partial charge in [-0.3, -0.25) is 0 Å². The van der Waals surface area contributed by atoms with Crippen LogP contribution in [0.4, 0.5) is 0 Å². The lowest BCUT2D eigenvalue weighted by molar-refractivity contribution is 0.130. The third kappa shape index (κ3) is 2.95. The van der Waals surface area contributed by atoms with E-state index in [2.05, 4.69) is 24.4 Å². The zero-order chi connectivity index (χ0) is 8.97. The first kappa shape index (κ1) is 9.75. The van der Waals surface area contributed by atoms with Gasteiger partial charge in [-0.05, 0) is 37.1 Å². The van der Waals surface area contributed by atoms with Crippen LogP contribution in [-0.4, -0.2) is 11.2 Å². The summed E-state index contributed by atoms with van der Waals surface area (Å²) in [5.74, 6) is 0.409. The lowest BCUT2D eigenvalue weighted by Gasteiger charge is -2.12. The molecule has 1 heterocycles. The highest BCUT2D eigenvalue weighted by Crippen LogP contribution is 2.16. The van der Waals surface area contributed by atoms with Gasteiger partial charge in [0.25, 0.3) is 0 Å². The molecule has 1 aromatic rings. The summed E-state index contributed by atoms with van der Waals surface area (Å²) in [5, 5.41) is 11.4. The van der Waals surface area contributed by atoms with Crippen LogP contribution in [0.25, 0.3) is 0 Å². The van der Waals surface area contributed by atoms with E-state index in [4.69, 9.17) is 0 Å². The van der Waals surface area contributed by atoms with Crippen molar-refractivity contribution in [2.24, 2.45) is 5.92 Å². The van der Waals surface area contributed by atoms with E-state index in [0.717, 1.165) is 12.8 Å². The first-order valence-corrected chi connectivity index (χ1v) is 5.28. The molecule has 1 nitrogen and oxygen atoms in total. The van der Waals surface area contributed by atoms with Gasteiger partial charge in [0, 0.05) is 4.88 Å². The fraction of sp³-hybridized carbons (Fsp3) is 0.600. The molecule has 12 heavy (non-hydrogen) atoms. The fourth-order valence-electron chi connectivity index (χ4n) is 1.07. The average molecular weight is 184 g/mol. The summed E-state index contributed by atoms with van der Waals surface area (Å²) in [5.41, 5.74) is 0. The van der Waals surface area contributed by atoms with Crippen LogP contribution in [0, 0.1) is 5.92 Å². The molecule has 0 spiro atoms. The highest BCUT2D eigenvalue weighted by Gasteiger charge is 2.08. The first-order valence-electron chi connectivity index (χ1n) is 4.40. The summed E-state index contributed by atoms with van der Waals surface area (Å²) in [6, 6.07) is 4.23. The number of rotatable bonds is 4. The van der Waals surface area contributed by atoms with Gasteiger partial charge < -0.3 is 5.11 Å². The maximum atomic E-state index is 9.25. The highest BCUT2D eigenvalue weighted by molar-refractivity contribution is 7.09. The molecule has 1 aromatic heterocycles. The van der Waals surface area contributed by atoms with E-state index in [-0.39, 0.29) is 6.10 Å². The molecule has 0 radical (unpaired) electrons. The molecule has 0 saturated heterocycles. The second-order valence-corrected chi connectivity index (χ2v) is 4.37. The Hall–Kier alpha value is -0.340. The van der Waals surface area contributed by atoms with Crippen molar-refractivity contribution in [2.75, 3.05) is 0 Å². The largest absolute Gasteiger partial charge is 0.393 e. The standard InChI is InChI=1S/C10H16OS/c1-8(9(2)11)5-6-10-4-3-7-12-10/h3-4,7-9,11H,5-6H2,1-2H3. The van der Waals surface area contributed by atoms with E-state index in [9.17, 15) is 5.11 Å². The number of aryl methyl sites for hydroxylation is 1. The molecule has 0 aliphatic carbocycles. The van der Waals surface area contributed by atoms with Crippen molar-refractivity contribution in [1.29, 1.82) is 0 Å². The average Bonchev–Trinajstić information content (AvgIpc) is 2.51. The van der Waals surface area contributed by atoms with Gasteiger partial charge in [0.15, 0.2) is 0 Å². The minimum atomic E-state index is -0.176. The van der Waals surface area contributed by atoms with Crippen molar-refractivity contribution in [2.45, 2.75) is 32.8 Å². The van der Waals surface area contributed by atoms with E-state index in [0.29, 0.717) is 5.92 Å². The summed E-state index contributed by atoms with van der Waals surface area (Å²) >= 11 is 1.79. The Morgan fingerprint density at radius 3 is 2.75 bits per heavy atom. The molecule has 0 aliphatic heterocycles. The van der Waals surface area contributed by atoms with Gasteiger partial charge in [0.05, 0.1) is 6.10 Å². The van der Waals surface area contributed by atoms with Gasteiger partial charge in [-0.25, -0.2) is 0 Å². The Bertz CT molecular complexity index is 204. The maximum absolute atomic E-state index is 9.25. The molecule has 0 aliphatic rings. The summed E-state index contributed by atoms with van der Waals surface area (Å²) in [6.45, 7) is 3.96. The van der Waals surface area contributed by atoms with Crippen LogP contribution in [0.1, 0.15) is 25.1 Å². The Kier molecular flexibility index (Phi) is 3.76. The molecule has 2 atom stereocenters. The van der Waals surface area contributed by atoms with Crippen LogP contribution in [-0.2, 0) is 6.42 Å².